The normalized spacial score (nSPS) is 18.0. The van der Waals surface area contributed by atoms with Crippen LogP contribution in [0.5, 0.6) is 0 Å². The Morgan fingerprint density at radius 2 is 1.95 bits per heavy atom. The van der Waals surface area contributed by atoms with Crippen molar-refractivity contribution in [1.82, 2.24) is 10.6 Å². The van der Waals surface area contributed by atoms with E-state index in [1.165, 1.54) is 5.56 Å². The average molecular weight is 327 g/mol. The van der Waals surface area contributed by atoms with E-state index in [4.69, 9.17) is 0 Å². The minimum Gasteiger partial charge on any atom is -0.480 e. The molecule has 0 saturated carbocycles. The van der Waals surface area contributed by atoms with Crippen molar-refractivity contribution in [3.63, 3.8) is 0 Å². The second kappa shape index (κ2) is 8.15. The van der Waals surface area contributed by atoms with Crippen LogP contribution in [0.1, 0.15) is 31.4 Å². The zero-order valence-corrected chi connectivity index (χ0v) is 13.7. The van der Waals surface area contributed by atoms with Gasteiger partial charge in [0.25, 0.3) is 0 Å². The third-order valence-corrected chi connectivity index (χ3v) is 3.72. The van der Waals surface area contributed by atoms with Gasteiger partial charge in [-0.1, -0.05) is 38.1 Å². The lowest BCUT2D eigenvalue weighted by molar-refractivity contribution is -0.142. The van der Waals surface area contributed by atoms with Crippen molar-refractivity contribution < 1.29 is 14.7 Å². The maximum atomic E-state index is 12.3. The Balaban J connectivity index is 0.00000242. The molecule has 1 amide bonds. The van der Waals surface area contributed by atoms with E-state index >= 15 is 0 Å². The second-order valence-corrected chi connectivity index (χ2v) is 5.94. The monoisotopic (exact) mass is 326 g/mol. The van der Waals surface area contributed by atoms with Crippen LogP contribution < -0.4 is 10.6 Å². The van der Waals surface area contributed by atoms with E-state index in [1.54, 1.807) is 0 Å². The predicted molar refractivity (Wildman–Crippen MR) is 87.0 cm³/mol. The van der Waals surface area contributed by atoms with Gasteiger partial charge in [-0.25, -0.2) is 4.79 Å². The van der Waals surface area contributed by atoms with Gasteiger partial charge in [0.2, 0.25) is 5.91 Å². The summed E-state index contributed by atoms with van der Waals surface area (Å²) < 4.78 is 0. The lowest BCUT2D eigenvalue weighted by Gasteiger charge is -2.27. The summed E-state index contributed by atoms with van der Waals surface area (Å²) in [5.74, 6) is -1.00. The Labute approximate surface area is 136 Å². The fourth-order valence-electron chi connectivity index (χ4n) is 2.60. The molecule has 0 aromatic heterocycles. The van der Waals surface area contributed by atoms with E-state index in [0.717, 1.165) is 5.56 Å². The first-order valence-corrected chi connectivity index (χ1v) is 7.30. The minimum atomic E-state index is -0.978. The number of halogens is 1. The van der Waals surface area contributed by atoms with Crippen molar-refractivity contribution in [3.05, 3.63) is 35.4 Å². The topological polar surface area (TPSA) is 78.4 Å². The summed E-state index contributed by atoms with van der Waals surface area (Å²) in [5.41, 5.74) is 2.34. The standard InChI is InChI=1S/C16H22N2O3.ClH/c1-10(2)7-14(16(20)21)18-15(19)13-8-11-5-3-4-6-12(11)9-17-13;/h3-6,10,13-14,17H,7-9H2,1-2H3,(H,18,19)(H,20,21);1H/t13-,14-;/m0./s1. The van der Waals surface area contributed by atoms with Gasteiger partial charge in [-0.15, -0.1) is 12.4 Å². The highest BCUT2D eigenvalue weighted by atomic mass is 35.5. The first-order valence-electron chi connectivity index (χ1n) is 7.30. The molecule has 122 valence electrons. The maximum Gasteiger partial charge on any atom is 0.326 e. The van der Waals surface area contributed by atoms with Crippen molar-refractivity contribution in [2.75, 3.05) is 0 Å². The fraction of sp³-hybridized carbons (Fsp3) is 0.500. The number of fused-ring (bicyclic) bond motifs is 1. The van der Waals surface area contributed by atoms with Crippen molar-refractivity contribution in [1.29, 1.82) is 0 Å². The van der Waals surface area contributed by atoms with Crippen LogP contribution in [-0.2, 0) is 22.6 Å². The molecule has 0 fully saturated rings. The molecule has 1 aromatic carbocycles. The van der Waals surface area contributed by atoms with E-state index < -0.39 is 12.0 Å². The van der Waals surface area contributed by atoms with Gasteiger partial charge in [-0.05, 0) is 29.9 Å². The highest BCUT2D eigenvalue weighted by Crippen LogP contribution is 2.16. The SMILES string of the molecule is CC(C)C[C@H](NC(=O)[C@@H]1Cc2ccccc2CN1)C(=O)O.Cl. The molecule has 0 spiro atoms. The first-order chi connectivity index (χ1) is 9.97. The number of carboxylic acids is 1. The van der Waals surface area contributed by atoms with Crippen molar-refractivity contribution in [2.24, 2.45) is 5.92 Å². The molecule has 0 unspecified atom stereocenters. The van der Waals surface area contributed by atoms with Gasteiger partial charge in [-0.3, -0.25) is 4.79 Å². The minimum absolute atomic E-state index is 0. The van der Waals surface area contributed by atoms with Crippen molar-refractivity contribution >= 4 is 24.3 Å². The zero-order chi connectivity index (χ0) is 15.4. The first kappa shape index (κ1) is 18.5. The number of benzene rings is 1. The fourth-order valence-corrected chi connectivity index (χ4v) is 2.60. The number of nitrogens with one attached hydrogen (secondary N) is 2. The number of amides is 1. The molecule has 0 aliphatic carbocycles. The molecule has 2 atom stereocenters. The number of hydrogen-bond donors (Lipinski definition) is 3. The quantitative estimate of drug-likeness (QED) is 0.770. The van der Waals surface area contributed by atoms with E-state index in [9.17, 15) is 14.7 Å². The van der Waals surface area contributed by atoms with Gasteiger partial charge >= 0.3 is 5.97 Å². The van der Waals surface area contributed by atoms with Crippen LogP contribution >= 0.6 is 12.4 Å². The van der Waals surface area contributed by atoms with Gasteiger partial charge in [0, 0.05) is 6.54 Å². The molecule has 0 bridgehead atoms. The Hall–Kier alpha value is -1.59. The number of aliphatic carboxylic acids is 1. The van der Waals surface area contributed by atoms with Crippen LogP contribution in [-0.4, -0.2) is 29.1 Å². The van der Waals surface area contributed by atoms with Gasteiger partial charge in [0.1, 0.15) is 6.04 Å². The summed E-state index contributed by atoms with van der Waals surface area (Å²) >= 11 is 0. The Bertz CT molecular complexity index is 534. The van der Waals surface area contributed by atoms with E-state index in [0.29, 0.717) is 19.4 Å². The molecule has 22 heavy (non-hydrogen) atoms. The lowest BCUT2D eigenvalue weighted by atomic mass is 9.95. The van der Waals surface area contributed by atoms with Gasteiger partial charge in [-0.2, -0.15) is 0 Å². The molecule has 6 heteroatoms. The van der Waals surface area contributed by atoms with Gasteiger partial charge in [0.05, 0.1) is 6.04 Å². The summed E-state index contributed by atoms with van der Waals surface area (Å²) in [7, 11) is 0. The molecule has 1 heterocycles. The van der Waals surface area contributed by atoms with Crippen LogP contribution in [0.3, 0.4) is 0 Å². The van der Waals surface area contributed by atoms with E-state index in [2.05, 4.69) is 10.6 Å². The largest absolute Gasteiger partial charge is 0.480 e. The summed E-state index contributed by atoms with van der Waals surface area (Å²) in [6, 6.07) is 6.79. The van der Waals surface area contributed by atoms with Crippen molar-refractivity contribution in [3.8, 4) is 0 Å². The number of rotatable bonds is 5. The third-order valence-electron chi connectivity index (χ3n) is 3.72. The van der Waals surface area contributed by atoms with Gasteiger partial charge < -0.3 is 15.7 Å². The Kier molecular flexibility index (Phi) is 6.84. The molecule has 1 aliphatic heterocycles. The number of carbonyl (C=O) groups is 2. The molecule has 0 saturated heterocycles. The molecular weight excluding hydrogens is 304 g/mol. The van der Waals surface area contributed by atoms with E-state index in [-0.39, 0.29) is 30.3 Å². The molecule has 5 nitrogen and oxygen atoms in total. The highest BCUT2D eigenvalue weighted by molar-refractivity contribution is 5.87. The highest BCUT2D eigenvalue weighted by Gasteiger charge is 2.28. The van der Waals surface area contributed by atoms with E-state index in [1.807, 2.05) is 38.1 Å². The molecule has 0 radical (unpaired) electrons. The second-order valence-electron chi connectivity index (χ2n) is 5.94. The predicted octanol–water partition coefficient (Wildman–Crippen LogP) is 1.74. The zero-order valence-electron chi connectivity index (χ0n) is 12.8. The van der Waals surface area contributed by atoms with Crippen LogP contribution in [0, 0.1) is 5.92 Å². The van der Waals surface area contributed by atoms with Crippen LogP contribution in [0.2, 0.25) is 0 Å². The van der Waals surface area contributed by atoms with Gasteiger partial charge in [0.15, 0.2) is 0 Å². The Morgan fingerprint density at radius 1 is 1.32 bits per heavy atom. The smallest absolute Gasteiger partial charge is 0.326 e. The number of carbonyl (C=O) groups excluding carboxylic acids is 1. The Morgan fingerprint density at radius 3 is 2.55 bits per heavy atom. The summed E-state index contributed by atoms with van der Waals surface area (Å²) in [5, 5.41) is 15.0. The van der Waals surface area contributed by atoms with Crippen molar-refractivity contribution in [2.45, 2.75) is 45.3 Å². The lowest BCUT2D eigenvalue weighted by Crippen LogP contribution is -2.52. The molecule has 1 aromatic rings. The molecular formula is C16H23ClN2O3. The molecule has 2 rings (SSSR count). The summed E-state index contributed by atoms with van der Waals surface area (Å²) in [4.78, 5) is 23.5. The van der Waals surface area contributed by atoms with Crippen LogP contribution in [0.15, 0.2) is 24.3 Å². The maximum absolute atomic E-state index is 12.3. The third kappa shape index (κ3) is 4.71. The number of hydrogen-bond acceptors (Lipinski definition) is 3. The average Bonchev–Trinajstić information content (AvgIpc) is 2.45. The number of carboxylic acid groups (broad SMARTS) is 1. The molecule has 3 N–H and O–H groups in total. The van der Waals surface area contributed by atoms with Crippen LogP contribution in [0.25, 0.3) is 0 Å². The summed E-state index contributed by atoms with van der Waals surface area (Å²) in [6.07, 6.45) is 1.03. The summed E-state index contributed by atoms with van der Waals surface area (Å²) in [6.45, 7) is 4.52. The molecule has 1 aliphatic rings. The van der Waals surface area contributed by atoms with Crippen LogP contribution in [0.4, 0.5) is 0 Å².